The molecule has 0 saturated carbocycles. The summed E-state index contributed by atoms with van der Waals surface area (Å²) in [6, 6.07) is 7.97. The number of rotatable bonds is 8. The zero-order valence-corrected chi connectivity index (χ0v) is 12.5. The number of amides is 2. The normalized spacial score (nSPS) is 14.2. The van der Waals surface area contributed by atoms with E-state index in [1.54, 1.807) is 7.11 Å². The quantitative estimate of drug-likeness (QED) is 0.746. The van der Waals surface area contributed by atoms with E-state index >= 15 is 0 Å². The third-order valence-corrected chi connectivity index (χ3v) is 3.64. The maximum absolute atomic E-state index is 11.6. The monoisotopic (exact) mass is 292 g/mol. The molecule has 0 radical (unpaired) electrons. The molecule has 1 aliphatic rings. The Morgan fingerprint density at radius 2 is 2.19 bits per heavy atom. The first-order chi connectivity index (χ1) is 10.3. The molecule has 1 aliphatic heterocycles. The molecule has 3 N–H and O–H groups in total. The SMILES string of the molecule is COc1ccccc1N(CCCN)CCN1CCNC1=O. The van der Waals surface area contributed by atoms with Gasteiger partial charge in [0, 0.05) is 32.7 Å². The second kappa shape index (κ2) is 7.73. The molecule has 6 nitrogen and oxygen atoms in total. The van der Waals surface area contributed by atoms with E-state index in [0.717, 1.165) is 44.0 Å². The van der Waals surface area contributed by atoms with E-state index < -0.39 is 0 Å². The summed E-state index contributed by atoms with van der Waals surface area (Å²) in [5.41, 5.74) is 6.68. The van der Waals surface area contributed by atoms with Crippen molar-refractivity contribution in [1.82, 2.24) is 10.2 Å². The van der Waals surface area contributed by atoms with Gasteiger partial charge in [0.1, 0.15) is 5.75 Å². The molecule has 0 unspecified atom stereocenters. The second-order valence-electron chi connectivity index (χ2n) is 5.02. The molecule has 1 saturated heterocycles. The zero-order chi connectivity index (χ0) is 15.1. The van der Waals surface area contributed by atoms with Crippen LogP contribution in [0.2, 0.25) is 0 Å². The van der Waals surface area contributed by atoms with Crippen LogP contribution in [-0.2, 0) is 0 Å². The number of carbonyl (C=O) groups is 1. The van der Waals surface area contributed by atoms with Crippen molar-refractivity contribution in [2.24, 2.45) is 5.73 Å². The van der Waals surface area contributed by atoms with Crippen LogP contribution in [0.4, 0.5) is 10.5 Å². The van der Waals surface area contributed by atoms with Crippen molar-refractivity contribution in [3.63, 3.8) is 0 Å². The lowest BCUT2D eigenvalue weighted by Crippen LogP contribution is -2.38. The van der Waals surface area contributed by atoms with Crippen LogP contribution in [0.3, 0.4) is 0 Å². The number of methoxy groups -OCH3 is 1. The number of ether oxygens (including phenoxy) is 1. The second-order valence-corrected chi connectivity index (χ2v) is 5.02. The maximum Gasteiger partial charge on any atom is 0.317 e. The van der Waals surface area contributed by atoms with Crippen LogP contribution in [0.25, 0.3) is 0 Å². The third kappa shape index (κ3) is 4.01. The lowest BCUT2D eigenvalue weighted by molar-refractivity contribution is 0.218. The van der Waals surface area contributed by atoms with Crippen molar-refractivity contribution in [2.75, 3.05) is 51.3 Å². The lowest BCUT2D eigenvalue weighted by atomic mass is 10.2. The Bertz CT molecular complexity index is 467. The number of benzene rings is 1. The van der Waals surface area contributed by atoms with Gasteiger partial charge in [-0.3, -0.25) is 0 Å². The number of hydrogen-bond donors (Lipinski definition) is 2. The number of nitrogens with one attached hydrogen (secondary N) is 1. The van der Waals surface area contributed by atoms with Gasteiger partial charge in [-0.15, -0.1) is 0 Å². The van der Waals surface area contributed by atoms with Gasteiger partial charge in [-0.2, -0.15) is 0 Å². The predicted octanol–water partition coefficient (Wildman–Crippen LogP) is 0.876. The molecule has 1 fully saturated rings. The molecule has 2 rings (SSSR count). The lowest BCUT2D eigenvalue weighted by Gasteiger charge is -2.28. The Kier molecular flexibility index (Phi) is 5.68. The van der Waals surface area contributed by atoms with Crippen molar-refractivity contribution < 1.29 is 9.53 Å². The number of urea groups is 1. The van der Waals surface area contributed by atoms with Gasteiger partial charge < -0.3 is 25.6 Å². The van der Waals surface area contributed by atoms with Crippen LogP contribution in [-0.4, -0.2) is 57.3 Å². The average molecular weight is 292 g/mol. The summed E-state index contributed by atoms with van der Waals surface area (Å²) in [7, 11) is 1.67. The minimum atomic E-state index is 0.0220. The molecule has 2 amide bonds. The summed E-state index contributed by atoms with van der Waals surface area (Å²) >= 11 is 0. The fraction of sp³-hybridized carbons (Fsp3) is 0.533. The fourth-order valence-electron chi connectivity index (χ4n) is 2.49. The van der Waals surface area contributed by atoms with Gasteiger partial charge in [0.15, 0.2) is 0 Å². The largest absolute Gasteiger partial charge is 0.495 e. The van der Waals surface area contributed by atoms with E-state index in [9.17, 15) is 4.79 Å². The molecule has 21 heavy (non-hydrogen) atoms. The molecule has 0 spiro atoms. The van der Waals surface area contributed by atoms with Crippen molar-refractivity contribution in [2.45, 2.75) is 6.42 Å². The van der Waals surface area contributed by atoms with Crippen LogP contribution in [0, 0.1) is 0 Å². The van der Waals surface area contributed by atoms with E-state index in [1.165, 1.54) is 0 Å². The summed E-state index contributed by atoms with van der Waals surface area (Å²) in [5.74, 6) is 0.848. The number of anilines is 1. The van der Waals surface area contributed by atoms with E-state index in [1.807, 2.05) is 29.2 Å². The highest BCUT2D eigenvalue weighted by molar-refractivity contribution is 5.76. The number of nitrogens with zero attached hydrogens (tertiary/aromatic N) is 2. The van der Waals surface area contributed by atoms with Gasteiger partial charge in [0.05, 0.1) is 12.8 Å². The first-order valence-corrected chi connectivity index (χ1v) is 7.37. The smallest absolute Gasteiger partial charge is 0.317 e. The molecule has 0 aliphatic carbocycles. The Morgan fingerprint density at radius 3 is 2.86 bits per heavy atom. The Balaban J connectivity index is 2.04. The molecule has 116 valence electrons. The van der Waals surface area contributed by atoms with Crippen molar-refractivity contribution in [3.05, 3.63) is 24.3 Å². The minimum absolute atomic E-state index is 0.0220. The van der Waals surface area contributed by atoms with E-state index in [4.69, 9.17) is 10.5 Å². The standard InChI is InChI=1S/C15H24N4O2/c1-21-14-6-3-2-5-13(14)18(9-4-7-16)11-12-19-10-8-17-15(19)20/h2-3,5-6H,4,7-12,16H2,1H3,(H,17,20). The first kappa shape index (κ1) is 15.4. The molecule has 6 heteroatoms. The Morgan fingerprint density at radius 1 is 1.38 bits per heavy atom. The van der Waals surface area contributed by atoms with Crippen LogP contribution < -0.4 is 20.7 Å². The van der Waals surface area contributed by atoms with Crippen molar-refractivity contribution in [1.29, 1.82) is 0 Å². The van der Waals surface area contributed by atoms with Crippen molar-refractivity contribution >= 4 is 11.7 Å². The van der Waals surface area contributed by atoms with Crippen LogP contribution in [0.15, 0.2) is 24.3 Å². The molecular formula is C15H24N4O2. The number of para-hydroxylation sites is 2. The van der Waals surface area contributed by atoms with Gasteiger partial charge in [-0.05, 0) is 25.1 Å². The highest BCUT2D eigenvalue weighted by atomic mass is 16.5. The first-order valence-electron chi connectivity index (χ1n) is 7.37. The fourth-order valence-corrected chi connectivity index (χ4v) is 2.49. The van der Waals surface area contributed by atoms with Gasteiger partial charge >= 0.3 is 6.03 Å². The number of hydrogen-bond acceptors (Lipinski definition) is 4. The molecular weight excluding hydrogens is 268 g/mol. The molecule has 1 aromatic carbocycles. The van der Waals surface area contributed by atoms with E-state index in [0.29, 0.717) is 13.1 Å². The van der Waals surface area contributed by atoms with Crippen LogP contribution in [0.1, 0.15) is 6.42 Å². The number of nitrogens with two attached hydrogens (primary N) is 1. The highest BCUT2D eigenvalue weighted by Crippen LogP contribution is 2.27. The third-order valence-electron chi connectivity index (χ3n) is 3.64. The summed E-state index contributed by atoms with van der Waals surface area (Å²) in [5, 5.41) is 2.82. The predicted molar refractivity (Wildman–Crippen MR) is 83.9 cm³/mol. The highest BCUT2D eigenvalue weighted by Gasteiger charge is 2.20. The van der Waals surface area contributed by atoms with Gasteiger partial charge in [0.25, 0.3) is 0 Å². The van der Waals surface area contributed by atoms with Crippen LogP contribution >= 0.6 is 0 Å². The topological polar surface area (TPSA) is 70.8 Å². The summed E-state index contributed by atoms with van der Waals surface area (Å²) in [4.78, 5) is 15.7. The average Bonchev–Trinajstić information content (AvgIpc) is 2.93. The minimum Gasteiger partial charge on any atom is -0.495 e. The van der Waals surface area contributed by atoms with Crippen molar-refractivity contribution in [3.8, 4) is 5.75 Å². The van der Waals surface area contributed by atoms with Crippen LogP contribution in [0.5, 0.6) is 5.75 Å². The van der Waals surface area contributed by atoms with E-state index in [-0.39, 0.29) is 6.03 Å². The summed E-state index contributed by atoms with van der Waals surface area (Å²) in [6.07, 6.45) is 0.907. The van der Waals surface area contributed by atoms with Gasteiger partial charge in [0.2, 0.25) is 0 Å². The Labute approximate surface area is 125 Å². The van der Waals surface area contributed by atoms with Gasteiger partial charge in [-0.25, -0.2) is 4.79 Å². The molecule has 0 aromatic heterocycles. The van der Waals surface area contributed by atoms with E-state index in [2.05, 4.69) is 10.2 Å². The molecule has 0 bridgehead atoms. The molecule has 0 atom stereocenters. The maximum atomic E-state index is 11.6. The molecule has 1 aromatic rings. The number of carbonyl (C=O) groups excluding carboxylic acids is 1. The van der Waals surface area contributed by atoms with Gasteiger partial charge in [-0.1, -0.05) is 12.1 Å². The molecule has 1 heterocycles. The zero-order valence-electron chi connectivity index (χ0n) is 12.5. The Hall–Kier alpha value is -1.95. The summed E-state index contributed by atoms with van der Waals surface area (Å²) in [6.45, 7) is 4.48. The summed E-state index contributed by atoms with van der Waals surface area (Å²) < 4.78 is 5.43.